The van der Waals surface area contributed by atoms with Gasteiger partial charge in [-0.2, -0.15) is 0 Å². The largest absolute Gasteiger partial charge is 0.415 e. The van der Waals surface area contributed by atoms with Crippen LogP contribution >= 0.6 is 12.2 Å². The summed E-state index contributed by atoms with van der Waals surface area (Å²) in [6.07, 6.45) is 0. The maximum atomic E-state index is 4.66. The first kappa shape index (κ1) is 12.9. The summed E-state index contributed by atoms with van der Waals surface area (Å²) in [4.78, 5) is 0. The summed E-state index contributed by atoms with van der Waals surface area (Å²) in [5, 5.41) is 0. The van der Waals surface area contributed by atoms with Crippen molar-refractivity contribution in [1.82, 2.24) is 0 Å². The van der Waals surface area contributed by atoms with Gasteiger partial charge in [0.05, 0.1) is 0 Å². The van der Waals surface area contributed by atoms with Crippen LogP contribution in [0.2, 0.25) is 5.65 Å². The molecule has 0 radical (unpaired) electrons. The predicted molar refractivity (Wildman–Crippen MR) is 45.1 cm³/mol. The molecule has 0 aromatic carbocycles. The number of thiocarbonyl (C=S) groups is 1. The zero-order chi connectivity index (χ0) is 7.70. The van der Waals surface area contributed by atoms with Gasteiger partial charge in [-0.05, 0) is 0 Å². The molecule has 0 rings (SSSR count). The Bertz CT molecular complexity index is 62.0. The molecule has 0 bridgehead atoms. The summed E-state index contributed by atoms with van der Waals surface area (Å²) in [6.45, 7) is 4.61. The second kappa shape index (κ2) is 12.0. The van der Waals surface area contributed by atoms with Gasteiger partial charge in [-0.25, -0.2) is 0 Å². The van der Waals surface area contributed by atoms with Gasteiger partial charge in [0.25, 0.3) is 0 Å². The number of nitrogens with two attached hydrogens (primary N) is 1. The Kier molecular flexibility index (Phi) is 17.3. The average Bonchev–Trinajstić information content (AvgIpc) is 1.66. The summed E-state index contributed by atoms with van der Waals surface area (Å²) < 4.78 is 3.19. The van der Waals surface area contributed by atoms with Gasteiger partial charge < -0.3 is 30.6 Å². The molecule has 0 aliphatic rings. The van der Waals surface area contributed by atoms with Crippen molar-refractivity contribution >= 4 is 29.2 Å². The van der Waals surface area contributed by atoms with Crippen LogP contribution in [-0.4, -0.2) is 4.32 Å². The first-order valence-corrected chi connectivity index (χ1v) is 8.87. The fraction of sp³-hybridized carbons (Fsp3) is 0.800. The van der Waals surface area contributed by atoms with Crippen LogP contribution in [0.25, 0.3) is 0 Å². The van der Waals surface area contributed by atoms with E-state index in [1.165, 1.54) is 0 Å². The molecule has 0 aliphatic heterocycles. The third-order valence-corrected chi connectivity index (χ3v) is 4.20. The van der Waals surface area contributed by atoms with Gasteiger partial charge in [0, 0.05) is 0 Å². The van der Waals surface area contributed by atoms with Crippen molar-refractivity contribution in [3.63, 3.8) is 0 Å². The Hall–Kier alpha value is 1.30. The van der Waals surface area contributed by atoms with Gasteiger partial charge in [0.2, 0.25) is 0 Å². The topological polar surface area (TPSA) is 26.0 Å². The molecule has 0 spiro atoms. The summed E-state index contributed by atoms with van der Waals surface area (Å²) in [5.41, 5.74) is 4.66. The molecular weight excluding hydrogens is 277 g/mol. The Labute approximate surface area is 85.2 Å². The molecule has 0 amide bonds. The molecule has 0 saturated heterocycles. The van der Waals surface area contributed by atoms with Crippen molar-refractivity contribution in [2.24, 2.45) is 5.73 Å². The summed E-state index contributed by atoms with van der Waals surface area (Å²) in [5.74, 6) is 0. The van der Waals surface area contributed by atoms with E-state index in [2.05, 4.69) is 44.4 Å². The van der Waals surface area contributed by atoms with Crippen molar-refractivity contribution in [2.75, 3.05) is 0 Å². The normalized spacial score (nSPS) is 6.44. The van der Waals surface area contributed by atoms with E-state index < -0.39 is 0 Å². The third kappa shape index (κ3) is 45.5. The van der Waals surface area contributed by atoms with Crippen LogP contribution in [0.5, 0.6) is 0 Å². The Morgan fingerprint density at radius 2 is 1.78 bits per heavy atom. The fourth-order valence-corrected chi connectivity index (χ4v) is 2.10. The molecule has 52 valence electrons. The molecule has 0 atom stereocenters. The number of rotatable bonds is 2. The van der Waals surface area contributed by atoms with Crippen LogP contribution in [0.1, 0.15) is 13.8 Å². The number of hydrogen-bond acceptors (Lipinski definition) is 2. The van der Waals surface area contributed by atoms with Gasteiger partial charge in [0.1, 0.15) is 0 Å². The zero-order valence-electron chi connectivity index (χ0n) is 5.89. The molecule has 0 saturated carbocycles. The van der Waals surface area contributed by atoms with Crippen LogP contribution in [0.15, 0.2) is 0 Å². The summed E-state index contributed by atoms with van der Waals surface area (Å²) in [6, 6.07) is 0. The van der Waals surface area contributed by atoms with Crippen molar-refractivity contribution < 1.29 is 31.9 Å². The zero-order valence-corrected chi connectivity index (χ0v) is 11.1. The summed E-state index contributed by atoms with van der Waals surface area (Å²) >= 11 is 8.21. The number of hydrogen-bond donors (Lipinski definition) is 1. The van der Waals surface area contributed by atoms with Crippen molar-refractivity contribution in [3.05, 3.63) is 0 Å². The van der Waals surface area contributed by atoms with E-state index in [4.69, 9.17) is 0 Å². The SMILES string of the molecule is C[CH2][La+][CH2]C.NC(=S)[S-]. The quantitative estimate of drug-likeness (QED) is 0.619. The Balaban J connectivity index is 0. The van der Waals surface area contributed by atoms with Crippen molar-refractivity contribution in [1.29, 1.82) is 0 Å². The third-order valence-electron chi connectivity index (χ3n) is 0.577. The standard InChI is InChI=1S/2C2H5.CH3NS2.La/c2*1-2;2-1(3)4;/h2*1H2,2H3;(H3,2,3,4);/q;;;+1/p-1. The van der Waals surface area contributed by atoms with E-state index in [0.29, 0.717) is 0 Å². The molecule has 0 heterocycles. The predicted octanol–water partition coefficient (Wildman–Crippen LogP) is 1.72. The monoisotopic (exact) mass is 289 g/mol. The molecule has 0 unspecified atom stereocenters. The molecule has 2 N–H and O–H groups in total. The van der Waals surface area contributed by atoms with Crippen LogP contribution < -0.4 is 5.73 Å². The smallest absolute Gasteiger partial charge is 0.0708 e. The molecule has 0 aliphatic carbocycles. The van der Waals surface area contributed by atoms with E-state index in [1.54, 1.807) is 5.65 Å². The van der Waals surface area contributed by atoms with Gasteiger partial charge in [0.15, 0.2) is 0 Å². The van der Waals surface area contributed by atoms with Gasteiger partial charge in [-0.1, -0.05) is 4.32 Å². The maximum Gasteiger partial charge on any atom is -0.0708 e. The minimum atomic E-state index is -0.0463. The van der Waals surface area contributed by atoms with Crippen molar-refractivity contribution in [2.45, 2.75) is 19.5 Å². The van der Waals surface area contributed by atoms with Gasteiger partial charge in [-0.15, -0.1) is 0 Å². The van der Waals surface area contributed by atoms with E-state index in [9.17, 15) is 0 Å². The van der Waals surface area contributed by atoms with Crippen molar-refractivity contribution in [3.8, 4) is 0 Å². The molecular formula is C5H12LaNS2. The van der Waals surface area contributed by atoms with Gasteiger partial charge >= 0.3 is 51.4 Å². The maximum absolute atomic E-state index is 4.66. The molecule has 0 aromatic heterocycles. The molecule has 0 aromatic rings. The minimum Gasteiger partial charge on any atom is -0.415 e. The van der Waals surface area contributed by atoms with Crippen LogP contribution in [-0.2, 0) is 12.6 Å². The first-order valence-electron chi connectivity index (χ1n) is 2.93. The van der Waals surface area contributed by atoms with Crippen LogP contribution in [0.4, 0.5) is 0 Å². The van der Waals surface area contributed by atoms with Crippen LogP contribution in [0.3, 0.4) is 0 Å². The Morgan fingerprint density at radius 3 is 1.78 bits per heavy atom. The Morgan fingerprint density at radius 1 is 1.56 bits per heavy atom. The van der Waals surface area contributed by atoms with E-state index in [0.717, 1.165) is 0 Å². The molecule has 1 nitrogen and oxygen atoms in total. The minimum absolute atomic E-state index is 0.0463. The van der Waals surface area contributed by atoms with Gasteiger partial charge in [-0.3, -0.25) is 0 Å². The molecule has 4 heteroatoms. The second-order valence-corrected chi connectivity index (χ2v) is 9.50. The molecule has 9 heavy (non-hydrogen) atoms. The molecule has 0 fully saturated rings. The van der Waals surface area contributed by atoms with E-state index in [1.807, 2.05) is 0 Å². The van der Waals surface area contributed by atoms with Crippen LogP contribution in [0, 0.1) is 31.9 Å². The second-order valence-electron chi connectivity index (χ2n) is 1.42. The first-order chi connectivity index (χ1) is 4.15. The summed E-state index contributed by atoms with van der Waals surface area (Å²) in [7, 11) is 0. The van der Waals surface area contributed by atoms with E-state index >= 15 is 0 Å². The fourth-order valence-electron chi connectivity index (χ4n) is 0.289. The van der Waals surface area contributed by atoms with E-state index in [-0.39, 0.29) is 36.2 Å². The average molecular weight is 289 g/mol.